The van der Waals surface area contributed by atoms with Crippen LogP contribution >= 0.6 is 34.8 Å². The highest BCUT2D eigenvalue weighted by molar-refractivity contribution is 6.32. The second-order valence-corrected chi connectivity index (χ2v) is 35.8. The highest BCUT2D eigenvalue weighted by atomic mass is 35.5. The third-order valence-electron chi connectivity index (χ3n) is 24.6. The molecular weight excluding hydrogens is 1810 g/mol. The van der Waals surface area contributed by atoms with E-state index in [1.165, 1.54) is 6.07 Å². The lowest BCUT2D eigenvalue weighted by molar-refractivity contribution is -0.0601. The van der Waals surface area contributed by atoms with Crippen LogP contribution in [-0.2, 0) is 28.3 Å². The Kier molecular flexibility index (Phi) is 28.0. The molecule has 12 N–H and O–H groups in total. The molecule has 0 spiro atoms. The minimum atomic E-state index is -0.474. The molecule has 1 unspecified atom stereocenters. The lowest BCUT2D eigenvalue weighted by Gasteiger charge is -2.41. The largest absolute Gasteiger partial charge is 0.508 e. The van der Waals surface area contributed by atoms with Crippen molar-refractivity contribution in [3.8, 4) is 22.9 Å². The van der Waals surface area contributed by atoms with E-state index in [0.717, 1.165) is 125 Å². The molecule has 2 aliphatic carbocycles. The van der Waals surface area contributed by atoms with E-state index in [9.17, 15) is 38.3 Å². The molecule has 0 bridgehead atoms. The Morgan fingerprint density at radius 2 is 0.913 bits per heavy atom. The smallest absolute Gasteiger partial charge is 0.268 e. The number of amides is 5. The van der Waals surface area contributed by atoms with Gasteiger partial charge in [-0.3, -0.25) is 33.4 Å². The van der Waals surface area contributed by atoms with Crippen molar-refractivity contribution in [2.24, 2.45) is 7.05 Å². The third kappa shape index (κ3) is 22.1. The molecule has 9 aromatic heterocycles. The van der Waals surface area contributed by atoms with Crippen molar-refractivity contribution < 1.29 is 52.5 Å². The summed E-state index contributed by atoms with van der Waals surface area (Å²) in [6.45, 7) is 6.93. The van der Waals surface area contributed by atoms with Gasteiger partial charge in [0, 0.05) is 114 Å². The van der Waals surface area contributed by atoms with Gasteiger partial charge >= 0.3 is 0 Å². The number of rotatable bonds is 22. The van der Waals surface area contributed by atoms with Crippen LogP contribution in [0.15, 0.2) is 310 Å². The van der Waals surface area contributed by atoms with Gasteiger partial charge in [0.25, 0.3) is 29.5 Å². The number of ketones is 1. The summed E-state index contributed by atoms with van der Waals surface area (Å²) in [7, 11) is 5.14. The minimum Gasteiger partial charge on any atom is -0.508 e. The highest BCUT2D eigenvalue weighted by Gasteiger charge is 2.48. The first kappa shape index (κ1) is 94.0. The molecule has 2 saturated carbocycles. The van der Waals surface area contributed by atoms with Gasteiger partial charge in [0.2, 0.25) is 0 Å². The molecule has 3 aliphatic rings. The van der Waals surface area contributed by atoms with Crippen molar-refractivity contribution in [1.82, 2.24) is 81.0 Å². The number of pyridine rings is 1. The first-order valence-corrected chi connectivity index (χ1v) is 45.9. The topological polar surface area (TPSA) is 354 Å². The number of fused-ring (bicyclic) bond motifs is 6. The van der Waals surface area contributed by atoms with Gasteiger partial charge in [-0.15, -0.1) is 0 Å². The number of halogens is 4. The van der Waals surface area contributed by atoms with Crippen LogP contribution in [0.25, 0.3) is 71.2 Å². The summed E-state index contributed by atoms with van der Waals surface area (Å²) < 4.78 is 33.2. The van der Waals surface area contributed by atoms with Crippen LogP contribution in [0.3, 0.4) is 0 Å². The van der Waals surface area contributed by atoms with Gasteiger partial charge in [-0.2, -0.15) is 10.2 Å². The van der Waals surface area contributed by atoms with E-state index in [0.29, 0.717) is 79.9 Å². The average molecular weight is 1910 g/mol. The molecule has 0 radical (unpaired) electrons. The SMILES string of the molecule is CC(NC(=O)c1cc2cc(Cl)ccc2[nH]1)c1ccn(-c2ccccc2)n1.COc1ccc2[nH]c(C(=O)NC3(c4cnn(C)c4)CC3)cc2c1.COc1ccc2[nH]c(C(=O)N[C@H](C)c3ccccc3)cc2c1.C[C@@H](NC(=O)c1cc2cc(Cl)cc(F)c2[nH]1)c1ccccc1.O=C(CC1(c2ccccc2)COC1)c1cc2cc(Cl)cnc2[nH]1.O=C(NC1(c2ccccc2)CC1)c1cc2ccc(O)cc2[nH]1. The van der Waals surface area contributed by atoms with Crippen molar-refractivity contribution >= 4 is 136 Å². The number of ether oxygens (including phenoxy) is 3. The number of aromatic amines is 6. The molecule has 10 heterocycles. The summed E-state index contributed by atoms with van der Waals surface area (Å²) >= 11 is 17.8. The zero-order valence-electron chi connectivity index (χ0n) is 76.0. The Morgan fingerprint density at radius 3 is 1.44 bits per heavy atom. The maximum absolute atomic E-state index is 13.8. The van der Waals surface area contributed by atoms with Crippen LogP contribution in [0.5, 0.6) is 17.2 Å². The van der Waals surface area contributed by atoms with E-state index in [1.807, 2.05) is 253 Å². The minimum absolute atomic E-state index is 0.0466. The Hall–Kier alpha value is -15.8. The normalized spacial score (nSPS) is 14.0. The second-order valence-electron chi connectivity index (χ2n) is 34.5. The van der Waals surface area contributed by atoms with Gasteiger partial charge in [0.15, 0.2) is 5.78 Å². The van der Waals surface area contributed by atoms with Gasteiger partial charge in [0.05, 0.1) is 90.4 Å². The standard InChI is InChI=1S/C20H17ClN4O.C18H15ClN2O2.C18H16N2O2.C18H18N2O2.C17H14ClFN2O.C17H18N4O2/c1-13(17-9-10-25(24-17)16-5-3-2-4-6-16)22-20(26)19-12-14-11-15(21)7-8-18(14)23-19;19-14-6-12-7-15(21-17(12)20-9-14)16(22)8-18(10-23-11-18)13-4-2-1-3-5-13;21-14-7-6-12-10-16(19-15(12)11-14)17(22)20-18(8-9-18)13-4-2-1-3-5-13;1-12(13-6-4-3-5-7-13)19-18(21)17-11-14-10-15(22-2)8-9-16(14)20-17;1-10(11-5-3-2-4-6-11)20-17(22)15-8-12-7-13(18)9-14(19)16(12)21-15;1-21-10-12(9-18-21)17(5-6-17)20-16(22)15-8-11-7-13(23-2)3-4-14(11)19-15/h2-13,23H,1H3,(H,22,26);1-7,9H,8,10-11H2,(H,20,21);1-7,10-11,19,21H,8-9H2,(H,20,22);3-12,20H,1-2H3,(H,19,21);2-10,21H,1H3,(H,20,22);3-4,7-10,19H,5-6H2,1-2H3,(H,20,22)/t;;;12-;10-;/m...11./s1. The van der Waals surface area contributed by atoms with Crippen LogP contribution in [0.2, 0.25) is 15.1 Å². The number of aryl methyl sites for hydroxylation is 1. The summed E-state index contributed by atoms with van der Waals surface area (Å²) in [5.74, 6) is 0.522. The van der Waals surface area contributed by atoms with Crippen molar-refractivity contribution in [3.63, 3.8) is 0 Å². The number of aromatic nitrogens is 11. The van der Waals surface area contributed by atoms with Crippen LogP contribution in [0.4, 0.5) is 4.39 Å². The first-order chi connectivity index (χ1) is 66.7. The van der Waals surface area contributed by atoms with Gasteiger partial charge in [-0.05, 0) is 208 Å². The number of phenolic OH excluding ortho intramolecular Hbond substituents is 1. The lowest BCUT2D eigenvalue weighted by atomic mass is 9.74. The summed E-state index contributed by atoms with van der Waals surface area (Å²) in [4.78, 5) is 97.7. The zero-order chi connectivity index (χ0) is 96.4. The fourth-order valence-corrected chi connectivity index (χ4v) is 17.1. The van der Waals surface area contributed by atoms with E-state index in [-0.39, 0.29) is 81.2 Å². The van der Waals surface area contributed by atoms with E-state index in [4.69, 9.17) is 49.0 Å². The Labute approximate surface area is 807 Å². The van der Waals surface area contributed by atoms with Crippen LogP contribution in [0, 0.1) is 5.82 Å². The van der Waals surface area contributed by atoms with E-state index in [1.54, 1.807) is 78.3 Å². The van der Waals surface area contributed by atoms with Crippen LogP contribution in [-0.4, -0.2) is 122 Å². The number of phenols is 1. The van der Waals surface area contributed by atoms with Crippen molar-refractivity contribution in [2.45, 2.75) is 87.5 Å². The molecule has 138 heavy (non-hydrogen) atoms. The highest BCUT2D eigenvalue weighted by Crippen LogP contribution is 2.47. The van der Waals surface area contributed by atoms with E-state index < -0.39 is 5.82 Å². The number of benzene rings is 10. The summed E-state index contributed by atoms with van der Waals surface area (Å²) in [5, 5.41) is 40.1. The Balaban J connectivity index is 0.000000115. The quantitative estimate of drug-likeness (QED) is 0.0281. The number of carbonyl (C=O) groups excluding carboxylic acids is 6. The van der Waals surface area contributed by atoms with E-state index in [2.05, 4.69) is 95.9 Å². The van der Waals surface area contributed by atoms with Gasteiger partial charge in [-0.1, -0.05) is 174 Å². The molecule has 1 saturated heterocycles. The number of methoxy groups -OCH3 is 2. The molecule has 698 valence electrons. The number of nitrogens with zero attached hydrogens (tertiary/aromatic N) is 5. The van der Waals surface area contributed by atoms with Crippen LogP contribution < -0.4 is 36.1 Å². The Morgan fingerprint density at radius 1 is 0.449 bits per heavy atom. The monoisotopic (exact) mass is 1900 g/mol. The predicted molar refractivity (Wildman–Crippen MR) is 536 cm³/mol. The molecule has 10 aromatic carbocycles. The third-order valence-corrected chi connectivity index (χ3v) is 25.3. The van der Waals surface area contributed by atoms with Crippen molar-refractivity contribution in [1.29, 1.82) is 0 Å². The first-order valence-electron chi connectivity index (χ1n) is 44.8. The van der Waals surface area contributed by atoms with E-state index >= 15 is 0 Å². The molecule has 22 rings (SSSR count). The number of hydrogen-bond donors (Lipinski definition) is 12. The molecule has 3 atom stereocenters. The number of Topliss-reactive ketones (excluding diaryl/α,β-unsaturated/α-hetero) is 1. The molecule has 30 heteroatoms. The summed E-state index contributed by atoms with van der Waals surface area (Å²) in [6.07, 6.45) is 11.5. The predicted octanol–water partition coefficient (Wildman–Crippen LogP) is 22.0. The average Bonchev–Trinajstić information content (AvgIpc) is 1.69. The molecule has 19 aromatic rings. The number of nitrogens with one attached hydrogen (secondary N) is 11. The number of para-hydroxylation sites is 1. The van der Waals surface area contributed by atoms with Crippen LogP contribution in [0.1, 0.15) is 167 Å². The number of carbonyl (C=O) groups is 6. The molecule has 5 amide bonds. The van der Waals surface area contributed by atoms with Crippen molar-refractivity contribution in [2.75, 3.05) is 27.4 Å². The summed E-state index contributed by atoms with van der Waals surface area (Å²) in [5.41, 5.74) is 13.9. The second kappa shape index (κ2) is 41.2. The van der Waals surface area contributed by atoms with Crippen molar-refractivity contribution in [3.05, 3.63) is 398 Å². The Bertz CT molecular complexity index is 7610. The molecular formula is C108H98Cl3FN16O10. The number of aromatic hydroxyl groups is 1. The maximum Gasteiger partial charge on any atom is 0.268 e. The number of hydrogen-bond acceptors (Lipinski definition) is 13. The molecule has 3 fully saturated rings. The molecule has 26 nitrogen and oxygen atoms in total. The zero-order valence-corrected chi connectivity index (χ0v) is 78.3. The lowest BCUT2D eigenvalue weighted by Crippen LogP contribution is -2.48. The fourth-order valence-electron chi connectivity index (χ4n) is 16.6. The van der Waals surface area contributed by atoms with Gasteiger partial charge in [-0.25, -0.2) is 14.1 Å². The fraction of sp³-hybridized carbons (Fsp3) is 0.176. The summed E-state index contributed by atoms with van der Waals surface area (Å²) in [6, 6.07) is 88.3. The maximum atomic E-state index is 13.8. The van der Waals surface area contributed by atoms with Gasteiger partial charge in [0.1, 0.15) is 57.2 Å². The van der Waals surface area contributed by atoms with Gasteiger partial charge < -0.3 is 75.8 Å². The number of H-pyrrole nitrogens is 6. The molecule has 1 aliphatic heterocycles.